The van der Waals surface area contributed by atoms with Gasteiger partial charge in [0, 0.05) is 25.8 Å². The zero-order valence-corrected chi connectivity index (χ0v) is 10.7. The van der Waals surface area contributed by atoms with Gasteiger partial charge in [-0.05, 0) is 31.5 Å². The molecule has 0 radical (unpaired) electrons. The van der Waals surface area contributed by atoms with E-state index < -0.39 is 0 Å². The van der Waals surface area contributed by atoms with Gasteiger partial charge in [0.25, 0.3) is 0 Å². The number of nitrogens with zero attached hydrogens (tertiary/aromatic N) is 3. The molecule has 2 rings (SSSR count). The maximum Gasteiger partial charge on any atom is 0.129 e. The standard InChI is InChI=1S/C12H16N4.ClH/c1-16(9-11-3-2-5-14-11)12-7-10(8-13)4-6-15-12;/h4,6-7,11,14H,2-3,5,9H2,1H3;1H. The molecule has 4 nitrogen and oxygen atoms in total. The minimum Gasteiger partial charge on any atom is -0.358 e. The second-order valence-corrected chi connectivity index (χ2v) is 4.19. The number of pyridine rings is 1. The molecule has 92 valence electrons. The van der Waals surface area contributed by atoms with Crippen molar-refractivity contribution in [3.05, 3.63) is 23.9 Å². The van der Waals surface area contributed by atoms with Crippen molar-refractivity contribution in [3.63, 3.8) is 0 Å². The van der Waals surface area contributed by atoms with Gasteiger partial charge in [-0.2, -0.15) is 5.26 Å². The highest BCUT2D eigenvalue weighted by Crippen LogP contribution is 2.13. The van der Waals surface area contributed by atoms with Gasteiger partial charge in [0.15, 0.2) is 0 Å². The quantitative estimate of drug-likeness (QED) is 0.887. The highest BCUT2D eigenvalue weighted by Gasteiger charge is 2.16. The van der Waals surface area contributed by atoms with Crippen molar-refractivity contribution >= 4 is 18.2 Å². The van der Waals surface area contributed by atoms with Gasteiger partial charge >= 0.3 is 0 Å². The number of likely N-dealkylation sites (N-methyl/N-ethyl adjacent to an activating group) is 1. The normalized spacial score (nSPS) is 18.2. The third kappa shape index (κ3) is 3.58. The van der Waals surface area contributed by atoms with E-state index in [-0.39, 0.29) is 12.4 Å². The summed E-state index contributed by atoms with van der Waals surface area (Å²) in [4.78, 5) is 6.38. The second-order valence-electron chi connectivity index (χ2n) is 4.19. The van der Waals surface area contributed by atoms with Crippen molar-refractivity contribution in [1.82, 2.24) is 10.3 Å². The van der Waals surface area contributed by atoms with Crippen molar-refractivity contribution in [3.8, 4) is 6.07 Å². The number of halogens is 1. The number of nitrogens with one attached hydrogen (secondary N) is 1. The highest BCUT2D eigenvalue weighted by atomic mass is 35.5. The van der Waals surface area contributed by atoms with Crippen LogP contribution in [-0.2, 0) is 0 Å². The second kappa shape index (κ2) is 6.43. The molecular weight excluding hydrogens is 236 g/mol. The van der Waals surface area contributed by atoms with Crippen LogP contribution in [-0.4, -0.2) is 31.2 Å². The van der Waals surface area contributed by atoms with Gasteiger partial charge < -0.3 is 10.2 Å². The summed E-state index contributed by atoms with van der Waals surface area (Å²) in [6, 6.07) is 6.24. The molecule has 1 atom stereocenters. The fraction of sp³-hybridized carbons (Fsp3) is 0.500. The Labute approximate surface area is 108 Å². The molecule has 5 heteroatoms. The largest absolute Gasteiger partial charge is 0.358 e. The summed E-state index contributed by atoms with van der Waals surface area (Å²) in [6.45, 7) is 2.06. The number of rotatable bonds is 3. The first-order valence-electron chi connectivity index (χ1n) is 5.60. The van der Waals surface area contributed by atoms with Crippen molar-refractivity contribution in [1.29, 1.82) is 5.26 Å². The Balaban J connectivity index is 0.00000144. The van der Waals surface area contributed by atoms with Gasteiger partial charge in [-0.3, -0.25) is 0 Å². The van der Waals surface area contributed by atoms with E-state index in [2.05, 4.69) is 21.3 Å². The van der Waals surface area contributed by atoms with Crippen LogP contribution in [0.2, 0.25) is 0 Å². The number of aromatic nitrogens is 1. The first-order valence-corrected chi connectivity index (χ1v) is 5.60. The lowest BCUT2D eigenvalue weighted by Gasteiger charge is -2.22. The summed E-state index contributed by atoms with van der Waals surface area (Å²) >= 11 is 0. The number of nitriles is 1. The van der Waals surface area contributed by atoms with E-state index in [9.17, 15) is 0 Å². The zero-order valence-electron chi connectivity index (χ0n) is 9.89. The Morgan fingerprint density at radius 2 is 2.47 bits per heavy atom. The Hall–Kier alpha value is -1.31. The van der Waals surface area contributed by atoms with E-state index in [1.165, 1.54) is 12.8 Å². The fourth-order valence-electron chi connectivity index (χ4n) is 2.03. The van der Waals surface area contributed by atoms with Crippen LogP contribution in [0.3, 0.4) is 0 Å². The topological polar surface area (TPSA) is 52.0 Å². The smallest absolute Gasteiger partial charge is 0.129 e. The molecule has 1 saturated heterocycles. The van der Waals surface area contributed by atoms with E-state index >= 15 is 0 Å². The lowest BCUT2D eigenvalue weighted by Crippen LogP contribution is -2.35. The van der Waals surface area contributed by atoms with Crippen molar-refractivity contribution in [2.75, 3.05) is 25.0 Å². The molecular formula is C12H17ClN4. The molecule has 1 fully saturated rings. The van der Waals surface area contributed by atoms with E-state index in [0.717, 1.165) is 18.9 Å². The molecule has 2 heterocycles. The number of hydrogen-bond acceptors (Lipinski definition) is 4. The average Bonchev–Trinajstić information content (AvgIpc) is 2.82. The van der Waals surface area contributed by atoms with Gasteiger partial charge in [0.05, 0.1) is 11.6 Å². The summed E-state index contributed by atoms with van der Waals surface area (Å²) in [5, 5.41) is 12.3. The third-order valence-electron chi connectivity index (χ3n) is 2.92. The molecule has 1 aliphatic rings. The summed E-state index contributed by atoms with van der Waals surface area (Å²) in [5.74, 6) is 0.868. The van der Waals surface area contributed by atoms with Crippen LogP contribution >= 0.6 is 12.4 Å². The third-order valence-corrected chi connectivity index (χ3v) is 2.92. The summed E-state index contributed by atoms with van der Waals surface area (Å²) < 4.78 is 0. The maximum absolute atomic E-state index is 8.82. The number of anilines is 1. The monoisotopic (exact) mass is 252 g/mol. The molecule has 0 aliphatic carbocycles. The highest BCUT2D eigenvalue weighted by molar-refractivity contribution is 5.85. The minimum atomic E-state index is 0. The van der Waals surface area contributed by atoms with Crippen LogP contribution < -0.4 is 10.2 Å². The molecule has 1 aromatic rings. The predicted molar refractivity (Wildman–Crippen MR) is 70.5 cm³/mol. The summed E-state index contributed by atoms with van der Waals surface area (Å²) in [5.41, 5.74) is 0.663. The lowest BCUT2D eigenvalue weighted by atomic mass is 10.2. The van der Waals surface area contributed by atoms with E-state index in [4.69, 9.17) is 5.26 Å². The number of hydrogen-bond donors (Lipinski definition) is 1. The van der Waals surface area contributed by atoms with E-state index in [1.807, 2.05) is 13.1 Å². The fourth-order valence-corrected chi connectivity index (χ4v) is 2.03. The average molecular weight is 253 g/mol. The molecule has 0 spiro atoms. The summed E-state index contributed by atoms with van der Waals surface area (Å²) in [7, 11) is 2.02. The van der Waals surface area contributed by atoms with E-state index in [0.29, 0.717) is 11.6 Å². The first-order chi connectivity index (χ1) is 7.79. The van der Waals surface area contributed by atoms with Crippen LogP contribution in [0.1, 0.15) is 18.4 Å². The molecule has 0 amide bonds. The van der Waals surface area contributed by atoms with Gasteiger partial charge in [0.2, 0.25) is 0 Å². The molecule has 17 heavy (non-hydrogen) atoms. The van der Waals surface area contributed by atoms with E-state index in [1.54, 1.807) is 12.3 Å². The SMILES string of the molecule is CN(CC1CCCN1)c1cc(C#N)ccn1.Cl. The molecule has 0 saturated carbocycles. The van der Waals surface area contributed by atoms with Crippen LogP contribution in [0.15, 0.2) is 18.3 Å². The predicted octanol–water partition coefficient (Wildman–Crippen LogP) is 1.56. The van der Waals surface area contributed by atoms with Crippen molar-refractivity contribution in [2.24, 2.45) is 0 Å². The zero-order chi connectivity index (χ0) is 11.4. The molecule has 0 bridgehead atoms. The van der Waals surface area contributed by atoms with Gasteiger partial charge in [-0.15, -0.1) is 12.4 Å². The van der Waals surface area contributed by atoms with Crippen LogP contribution in [0.4, 0.5) is 5.82 Å². The lowest BCUT2D eigenvalue weighted by molar-refractivity contribution is 0.597. The molecule has 0 aromatic carbocycles. The summed E-state index contributed by atoms with van der Waals surface area (Å²) in [6.07, 6.45) is 4.17. The Morgan fingerprint density at radius 3 is 3.12 bits per heavy atom. The van der Waals surface area contributed by atoms with Gasteiger partial charge in [-0.1, -0.05) is 0 Å². The maximum atomic E-state index is 8.82. The molecule has 1 N–H and O–H groups in total. The minimum absolute atomic E-state index is 0. The van der Waals surface area contributed by atoms with Crippen LogP contribution in [0.5, 0.6) is 0 Å². The Bertz CT molecular complexity index is 396. The van der Waals surface area contributed by atoms with Crippen molar-refractivity contribution < 1.29 is 0 Å². The molecule has 1 unspecified atom stereocenters. The van der Waals surface area contributed by atoms with Crippen LogP contribution in [0.25, 0.3) is 0 Å². The van der Waals surface area contributed by atoms with Crippen molar-refractivity contribution in [2.45, 2.75) is 18.9 Å². The Kier molecular flexibility index (Phi) is 5.20. The molecule has 1 aliphatic heterocycles. The van der Waals surface area contributed by atoms with Gasteiger partial charge in [-0.25, -0.2) is 4.98 Å². The van der Waals surface area contributed by atoms with Crippen LogP contribution in [0, 0.1) is 11.3 Å². The Morgan fingerprint density at radius 1 is 1.65 bits per heavy atom. The molecule has 1 aromatic heterocycles. The van der Waals surface area contributed by atoms with Gasteiger partial charge in [0.1, 0.15) is 5.82 Å². The first kappa shape index (κ1) is 13.8.